The van der Waals surface area contributed by atoms with Crippen LogP contribution in [0.4, 0.5) is 0 Å². The van der Waals surface area contributed by atoms with Gasteiger partial charge in [-0.25, -0.2) is 0 Å². The van der Waals surface area contributed by atoms with Gasteiger partial charge in [0.05, 0.1) is 0 Å². The third-order valence-corrected chi connectivity index (χ3v) is 1.93. The molecule has 0 amide bonds. The molecule has 0 aromatic heterocycles. The summed E-state index contributed by atoms with van der Waals surface area (Å²) in [7, 11) is 0. The number of nitrogens with two attached hydrogens (primary N) is 1. The van der Waals surface area contributed by atoms with E-state index in [-0.39, 0.29) is 0 Å². The maximum absolute atomic E-state index is 5.45. The Kier molecular flexibility index (Phi) is 1.06. The molecule has 0 bridgehead atoms. The van der Waals surface area contributed by atoms with Gasteiger partial charge in [-0.1, -0.05) is 0 Å². The van der Waals surface area contributed by atoms with Crippen LogP contribution in [0.3, 0.4) is 0 Å². The van der Waals surface area contributed by atoms with Crippen LogP contribution in [0.15, 0.2) is 0 Å². The maximum atomic E-state index is 5.45. The van der Waals surface area contributed by atoms with Crippen molar-refractivity contribution >= 4 is 12.6 Å². The lowest BCUT2D eigenvalue weighted by atomic mass is 9.93. The summed E-state index contributed by atoms with van der Waals surface area (Å²) in [6.45, 7) is 0. The van der Waals surface area contributed by atoms with E-state index in [4.69, 9.17) is 5.73 Å². The van der Waals surface area contributed by atoms with Crippen molar-refractivity contribution in [1.82, 2.24) is 0 Å². The standard InChI is InChI=1S/C4H9NS/c5-3-1-2-4(3)6/h3-4,6H,1-2,5H2/t3-,4-/m1/s1. The van der Waals surface area contributed by atoms with Crippen molar-refractivity contribution in [2.75, 3.05) is 0 Å². The number of rotatable bonds is 0. The van der Waals surface area contributed by atoms with Crippen molar-refractivity contribution in [3.8, 4) is 0 Å². The zero-order valence-corrected chi connectivity index (χ0v) is 4.49. The topological polar surface area (TPSA) is 26.0 Å². The van der Waals surface area contributed by atoms with E-state index in [1.54, 1.807) is 0 Å². The van der Waals surface area contributed by atoms with Crippen LogP contribution >= 0.6 is 12.6 Å². The van der Waals surface area contributed by atoms with Gasteiger partial charge < -0.3 is 5.73 Å². The average Bonchev–Trinajstić information content (AvgIpc) is 1.61. The van der Waals surface area contributed by atoms with Crippen LogP contribution in [0.25, 0.3) is 0 Å². The van der Waals surface area contributed by atoms with Gasteiger partial charge in [0.1, 0.15) is 0 Å². The first-order valence-corrected chi connectivity index (χ1v) is 2.76. The molecule has 1 aliphatic rings. The lowest BCUT2D eigenvalue weighted by molar-refractivity contribution is 0.436. The molecule has 0 heterocycles. The van der Waals surface area contributed by atoms with E-state index in [2.05, 4.69) is 12.6 Å². The fourth-order valence-corrected chi connectivity index (χ4v) is 0.806. The lowest BCUT2D eigenvalue weighted by Gasteiger charge is -2.28. The highest BCUT2D eigenvalue weighted by atomic mass is 32.1. The summed E-state index contributed by atoms with van der Waals surface area (Å²) in [5.41, 5.74) is 5.45. The molecule has 2 atom stereocenters. The van der Waals surface area contributed by atoms with Gasteiger partial charge >= 0.3 is 0 Å². The highest BCUT2D eigenvalue weighted by Gasteiger charge is 2.22. The summed E-state index contributed by atoms with van der Waals surface area (Å²) in [6, 6.07) is 0.397. The van der Waals surface area contributed by atoms with E-state index in [1.807, 2.05) is 0 Å². The lowest BCUT2D eigenvalue weighted by Crippen LogP contribution is -2.40. The second kappa shape index (κ2) is 1.43. The van der Waals surface area contributed by atoms with Crippen LogP contribution in [-0.2, 0) is 0 Å². The Morgan fingerprint density at radius 1 is 1.50 bits per heavy atom. The van der Waals surface area contributed by atoms with Crippen molar-refractivity contribution in [2.45, 2.75) is 24.1 Å². The van der Waals surface area contributed by atoms with E-state index in [0.29, 0.717) is 11.3 Å². The molecule has 1 fully saturated rings. The summed E-state index contributed by atoms with van der Waals surface area (Å²) in [5.74, 6) is 0. The van der Waals surface area contributed by atoms with Crippen LogP contribution in [0.2, 0.25) is 0 Å². The molecule has 2 N–H and O–H groups in total. The van der Waals surface area contributed by atoms with Crippen molar-refractivity contribution in [3.63, 3.8) is 0 Å². The zero-order chi connectivity index (χ0) is 4.57. The zero-order valence-electron chi connectivity index (χ0n) is 3.59. The molecule has 0 spiro atoms. The predicted molar refractivity (Wildman–Crippen MR) is 30.0 cm³/mol. The van der Waals surface area contributed by atoms with Crippen molar-refractivity contribution in [3.05, 3.63) is 0 Å². The first kappa shape index (κ1) is 4.47. The third kappa shape index (κ3) is 0.545. The summed E-state index contributed by atoms with van der Waals surface area (Å²) >= 11 is 4.15. The van der Waals surface area contributed by atoms with Gasteiger partial charge in [-0.2, -0.15) is 12.6 Å². The Hall–Kier alpha value is 0.310. The van der Waals surface area contributed by atoms with Gasteiger partial charge in [0.25, 0.3) is 0 Å². The Labute approximate surface area is 43.3 Å². The van der Waals surface area contributed by atoms with Crippen LogP contribution in [-0.4, -0.2) is 11.3 Å². The Balaban J connectivity index is 2.20. The third-order valence-electron chi connectivity index (χ3n) is 1.29. The van der Waals surface area contributed by atoms with Gasteiger partial charge in [-0.3, -0.25) is 0 Å². The second-order valence-corrected chi connectivity index (χ2v) is 2.47. The molecule has 1 aliphatic carbocycles. The van der Waals surface area contributed by atoms with Gasteiger partial charge in [0, 0.05) is 11.3 Å². The molecular formula is C4H9NS. The number of hydrogen-bond acceptors (Lipinski definition) is 2. The number of hydrogen-bond donors (Lipinski definition) is 2. The summed E-state index contributed by atoms with van der Waals surface area (Å²) in [5, 5.41) is 0.505. The molecule has 1 rings (SSSR count). The molecule has 0 aromatic rings. The fourth-order valence-electron chi connectivity index (χ4n) is 0.508. The van der Waals surface area contributed by atoms with Crippen LogP contribution < -0.4 is 5.73 Å². The average molecular weight is 103 g/mol. The van der Waals surface area contributed by atoms with E-state index < -0.39 is 0 Å². The van der Waals surface area contributed by atoms with Gasteiger partial charge in [0.2, 0.25) is 0 Å². The Morgan fingerprint density at radius 2 is 2.00 bits per heavy atom. The first-order chi connectivity index (χ1) is 2.80. The smallest absolute Gasteiger partial charge is 0.0169 e. The SMILES string of the molecule is N[C@@H]1CC[C@H]1S. The number of thiol groups is 1. The van der Waals surface area contributed by atoms with E-state index >= 15 is 0 Å². The Morgan fingerprint density at radius 3 is 2.00 bits per heavy atom. The van der Waals surface area contributed by atoms with Gasteiger partial charge in [0.15, 0.2) is 0 Å². The van der Waals surface area contributed by atoms with Crippen molar-refractivity contribution < 1.29 is 0 Å². The molecule has 1 saturated carbocycles. The first-order valence-electron chi connectivity index (χ1n) is 2.24. The molecule has 0 aliphatic heterocycles. The molecular weight excluding hydrogens is 94.1 g/mol. The minimum atomic E-state index is 0.397. The molecule has 1 nitrogen and oxygen atoms in total. The van der Waals surface area contributed by atoms with Crippen LogP contribution in [0, 0.1) is 0 Å². The highest BCUT2D eigenvalue weighted by molar-refractivity contribution is 7.81. The van der Waals surface area contributed by atoms with E-state index in [0.717, 1.165) is 0 Å². The van der Waals surface area contributed by atoms with E-state index in [9.17, 15) is 0 Å². The van der Waals surface area contributed by atoms with Crippen LogP contribution in [0.5, 0.6) is 0 Å². The summed E-state index contributed by atoms with van der Waals surface area (Å²) in [4.78, 5) is 0. The molecule has 2 heteroatoms. The second-order valence-electron chi connectivity index (χ2n) is 1.81. The normalized spacial score (nSPS) is 45.0. The predicted octanol–water partition coefficient (Wildman–Crippen LogP) is 0.406. The molecule has 0 radical (unpaired) electrons. The quantitative estimate of drug-likeness (QED) is 0.427. The highest BCUT2D eigenvalue weighted by Crippen LogP contribution is 2.22. The van der Waals surface area contributed by atoms with Gasteiger partial charge in [-0.05, 0) is 12.8 Å². The van der Waals surface area contributed by atoms with E-state index in [1.165, 1.54) is 12.8 Å². The fraction of sp³-hybridized carbons (Fsp3) is 1.00. The summed E-state index contributed by atoms with van der Waals surface area (Å²) < 4.78 is 0. The molecule has 0 unspecified atom stereocenters. The monoisotopic (exact) mass is 103 g/mol. The molecule has 0 saturated heterocycles. The van der Waals surface area contributed by atoms with Crippen molar-refractivity contribution in [2.24, 2.45) is 5.73 Å². The van der Waals surface area contributed by atoms with Gasteiger partial charge in [-0.15, -0.1) is 0 Å². The largest absolute Gasteiger partial charge is 0.327 e. The molecule has 36 valence electrons. The molecule has 6 heavy (non-hydrogen) atoms. The van der Waals surface area contributed by atoms with Crippen molar-refractivity contribution in [1.29, 1.82) is 0 Å². The Bertz CT molecular complexity index is 47.5. The summed E-state index contributed by atoms with van der Waals surface area (Å²) in [6.07, 6.45) is 2.39. The minimum absolute atomic E-state index is 0.397. The van der Waals surface area contributed by atoms with Crippen LogP contribution in [0.1, 0.15) is 12.8 Å². The molecule has 0 aromatic carbocycles. The maximum Gasteiger partial charge on any atom is 0.0169 e. The minimum Gasteiger partial charge on any atom is -0.327 e.